The van der Waals surface area contributed by atoms with Crippen LogP contribution in [0, 0.1) is 0 Å². The second kappa shape index (κ2) is 7.55. The van der Waals surface area contributed by atoms with Gasteiger partial charge >= 0.3 is 0 Å². The Labute approximate surface area is 151 Å². The first kappa shape index (κ1) is 17.3. The van der Waals surface area contributed by atoms with Crippen LogP contribution in [0.3, 0.4) is 0 Å². The van der Waals surface area contributed by atoms with Crippen LogP contribution in [0.15, 0.2) is 87.3 Å². The molecule has 0 radical (unpaired) electrons. The average molecular weight is 375 g/mol. The van der Waals surface area contributed by atoms with Gasteiger partial charge in [-0.25, -0.2) is 8.42 Å². The fourth-order valence-electron chi connectivity index (χ4n) is 2.14. The monoisotopic (exact) mass is 374 g/mol. The average Bonchev–Trinajstić information content (AvgIpc) is 3.13. The fourth-order valence-corrected chi connectivity index (χ4v) is 3.31. The topological polar surface area (TPSA) is 71.7 Å². The van der Waals surface area contributed by atoms with E-state index < -0.39 is 10.0 Å². The minimum absolute atomic E-state index is 0.110. The van der Waals surface area contributed by atoms with Crippen LogP contribution < -0.4 is 4.72 Å². The summed E-state index contributed by atoms with van der Waals surface area (Å²) in [4.78, 5) is 4.48. The molecule has 0 unspecified atom stereocenters. The second-order valence-corrected chi connectivity index (χ2v) is 7.29. The smallest absolute Gasteiger partial charge is 0.263 e. The third-order valence-corrected chi connectivity index (χ3v) is 4.98. The van der Waals surface area contributed by atoms with E-state index in [2.05, 4.69) is 9.71 Å². The molecule has 1 aromatic heterocycles. The second-order valence-electron chi connectivity index (χ2n) is 5.17. The molecule has 0 fully saturated rings. The third kappa shape index (κ3) is 4.49. The molecule has 1 heterocycles. The van der Waals surface area contributed by atoms with Crippen molar-refractivity contribution in [2.24, 2.45) is 4.99 Å². The summed E-state index contributed by atoms with van der Waals surface area (Å²) in [5.74, 6) is 0.881. The molecule has 0 aliphatic heterocycles. The Kier molecular flexibility index (Phi) is 5.21. The van der Waals surface area contributed by atoms with Crippen molar-refractivity contribution in [2.45, 2.75) is 11.4 Å². The number of amidine groups is 1. The molecule has 0 atom stereocenters. The summed E-state index contributed by atoms with van der Waals surface area (Å²) in [7, 11) is -3.79. The Hall–Kier alpha value is -2.57. The summed E-state index contributed by atoms with van der Waals surface area (Å²) in [6.45, 7) is 0.223. The predicted octanol–water partition coefficient (Wildman–Crippen LogP) is 3.86. The van der Waals surface area contributed by atoms with Crippen molar-refractivity contribution in [3.63, 3.8) is 0 Å². The van der Waals surface area contributed by atoms with Gasteiger partial charge in [-0.3, -0.25) is 9.71 Å². The molecule has 7 heteroatoms. The number of furan rings is 1. The summed E-state index contributed by atoms with van der Waals surface area (Å²) in [5, 5.41) is 0.466. The summed E-state index contributed by atoms with van der Waals surface area (Å²) in [6, 6.07) is 18.5. The molecule has 3 rings (SSSR count). The molecule has 3 aromatic rings. The lowest BCUT2D eigenvalue weighted by atomic mass is 10.2. The Morgan fingerprint density at radius 3 is 2.36 bits per heavy atom. The van der Waals surface area contributed by atoms with E-state index in [0.29, 0.717) is 16.3 Å². The van der Waals surface area contributed by atoms with Gasteiger partial charge in [0.2, 0.25) is 0 Å². The van der Waals surface area contributed by atoms with Gasteiger partial charge in [0.05, 0.1) is 17.7 Å². The molecule has 0 bridgehead atoms. The Balaban J connectivity index is 1.91. The van der Waals surface area contributed by atoms with Crippen molar-refractivity contribution < 1.29 is 12.8 Å². The Morgan fingerprint density at radius 1 is 1.00 bits per heavy atom. The number of hydrogen-bond acceptors (Lipinski definition) is 4. The first-order valence-corrected chi connectivity index (χ1v) is 9.31. The van der Waals surface area contributed by atoms with Gasteiger partial charge in [-0.2, -0.15) is 0 Å². The van der Waals surface area contributed by atoms with Gasteiger partial charge in [-0.15, -0.1) is 0 Å². The summed E-state index contributed by atoms with van der Waals surface area (Å²) in [6.07, 6.45) is 1.55. The van der Waals surface area contributed by atoms with E-state index in [1.54, 1.807) is 30.5 Å². The normalized spacial score (nSPS) is 12.1. The maximum Gasteiger partial charge on any atom is 0.263 e. The molecule has 0 aliphatic rings. The molecule has 0 amide bonds. The van der Waals surface area contributed by atoms with Gasteiger partial charge in [0.25, 0.3) is 10.0 Å². The molecule has 0 spiro atoms. The molecule has 2 aromatic carbocycles. The van der Waals surface area contributed by atoms with E-state index in [-0.39, 0.29) is 17.3 Å². The van der Waals surface area contributed by atoms with E-state index in [1.807, 2.05) is 18.2 Å². The number of halogens is 1. The number of rotatable bonds is 5. The lowest BCUT2D eigenvalue weighted by Gasteiger charge is -2.11. The third-order valence-electron chi connectivity index (χ3n) is 3.38. The van der Waals surface area contributed by atoms with Crippen molar-refractivity contribution in [1.82, 2.24) is 4.72 Å². The van der Waals surface area contributed by atoms with Gasteiger partial charge in [-0.1, -0.05) is 41.9 Å². The zero-order chi connectivity index (χ0) is 17.7. The Morgan fingerprint density at radius 2 is 1.72 bits per heavy atom. The number of benzene rings is 2. The highest BCUT2D eigenvalue weighted by atomic mass is 35.5. The molecule has 0 aliphatic carbocycles. The molecule has 0 saturated heterocycles. The molecule has 128 valence electrons. The molecule has 0 saturated carbocycles. The zero-order valence-electron chi connectivity index (χ0n) is 13.1. The molecule has 5 nitrogen and oxygen atoms in total. The first-order chi connectivity index (χ1) is 12.0. The predicted molar refractivity (Wildman–Crippen MR) is 97.2 cm³/mol. The maximum absolute atomic E-state index is 12.6. The van der Waals surface area contributed by atoms with E-state index in [4.69, 9.17) is 16.0 Å². The number of nitrogens with zero attached hydrogens (tertiary/aromatic N) is 1. The summed E-state index contributed by atoms with van der Waals surface area (Å²) in [5.41, 5.74) is 0.659. The van der Waals surface area contributed by atoms with Crippen molar-refractivity contribution in [1.29, 1.82) is 0 Å². The van der Waals surface area contributed by atoms with Gasteiger partial charge in [0.1, 0.15) is 11.6 Å². The lowest BCUT2D eigenvalue weighted by Crippen LogP contribution is -2.31. The number of sulfonamides is 1. The summed E-state index contributed by atoms with van der Waals surface area (Å²) >= 11 is 5.82. The van der Waals surface area contributed by atoms with Gasteiger partial charge in [0, 0.05) is 10.6 Å². The van der Waals surface area contributed by atoms with Gasteiger partial charge in [-0.05, 0) is 36.4 Å². The van der Waals surface area contributed by atoms with E-state index in [0.717, 1.165) is 0 Å². The van der Waals surface area contributed by atoms with Crippen LogP contribution in [-0.4, -0.2) is 14.3 Å². The fraction of sp³-hybridized carbons (Fsp3) is 0.0556. The minimum atomic E-state index is -3.79. The molecular weight excluding hydrogens is 360 g/mol. The van der Waals surface area contributed by atoms with Crippen molar-refractivity contribution in [3.8, 4) is 0 Å². The van der Waals surface area contributed by atoms with Crippen LogP contribution in [0.5, 0.6) is 0 Å². The van der Waals surface area contributed by atoms with Crippen LogP contribution in [0.25, 0.3) is 0 Å². The van der Waals surface area contributed by atoms with Gasteiger partial charge in [0.15, 0.2) is 0 Å². The highest BCUT2D eigenvalue weighted by Gasteiger charge is 2.17. The van der Waals surface area contributed by atoms with Crippen LogP contribution in [0.4, 0.5) is 0 Å². The van der Waals surface area contributed by atoms with Crippen LogP contribution >= 0.6 is 11.6 Å². The van der Waals surface area contributed by atoms with Crippen molar-refractivity contribution in [2.75, 3.05) is 0 Å². The summed E-state index contributed by atoms with van der Waals surface area (Å²) < 4.78 is 33.1. The minimum Gasteiger partial charge on any atom is -0.467 e. The Bertz CT molecular complexity index is 951. The number of hydrogen-bond donors (Lipinski definition) is 1. The van der Waals surface area contributed by atoms with Crippen LogP contribution in [0.1, 0.15) is 11.3 Å². The molecule has 25 heavy (non-hydrogen) atoms. The standard InChI is InChI=1S/C18H15ClN2O3S/c19-15-8-10-17(11-9-15)25(22,23)21-18(14-5-2-1-3-6-14)20-13-16-7-4-12-24-16/h1-12H,13H2,(H,20,21). The lowest BCUT2D eigenvalue weighted by molar-refractivity contribution is 0.512. The van der Waals surface area contributed by atoms with E-state index >= 15 is 0 Å². The van der Waals surface area contributed by atoms with E-state index in [9.17, 15) is 8.42 Å². The quantitative estimate of drug-likeness (QED) is 0.544. The largest absolute Gasteiger partial charge is 0.467 e. The van der Waals surface area contributed by atoms with Crippen molar-refractivity contribution in [3.05, 3.63) is 89.3 Å². The maximum atomic E-state index is 12.6. The highest BCUT2D eigenvalue weighted by Crippen LogP contribution is 2.15. The first-order valence-electron chi connectivity index (χ1n) is 7.45. The van der Waals surface area contributed by atoms with Crippen LogP contribution in [-0.2, 0) is 16.6 Å². The molecular formula is C18H15ClN2O3S. The molecule has 1 N–H and O–H groups in total. The zero-order valence-corrected chi connectivity index (χ0v) is 14.7. The van der Waals surface area contributed by atoms with Crippen LogP contribution in [0.2, 0.25) is 5.02 Å². The van der Waals surface area contributed by atoms with Gasteiger partial charge < -0.3 is 4.42 Å². The number of aliphatic imine (C=N–C) groups is 1. The van der Waals surface area contributed by atoms with Crippen molar-refractivity contribution >= 4 is 27.5 Å². The highest BCUT2D eigenvalue weighted by molar-refractivity contribution is 7.90. The number of nitrogens with one attached hydrogen (secondary N) is 1. The van der Waals surface area contributed by atoms with E-state index in [1.165, 1.54) is 24.3 Å². The SMILES string of the molecule is O=S(=O)(NC(=NCc1ccco1)c1ccccc1)c1ccc(Cl)cc1.